The van der Waals surface area contributed by atoms with E-state index in [2.05, 4.69) is 20.7 Å². The molecule has 29 heavy (non-hydrogen) atoms. The van der Waals surface area contributed by atoms with Crippen molar-refractivity contribution in [2.45, 2.75) is 57.2 Å². The molecule has 2 aliphatic rings. The van der Waals surface area contributed by atoms with Crippen LogP contribution in [0, 0.1) is 5.82 Å². The molecule has 0 spiro atoms. The van der Waals surface area contributed by atoms with Crippen LogP contribution in [0.15, 0.2) is 29.3 Å². The molecule has 156 valence electrons. The van der Waals surface area contributed by atoms with Gasteiger partial charge in [0, 0.05) is 31.5 Å². The summed E-state index contributed by atoms with van der Waals surface area (Å²) in [4.78, 5) is 9.34. The lowest BCUT2D eigenvalue weighted by Crippen LogP contribution is -2.47. The second-order valence-electron chi connectivity index (χ2n) is 7.89. The third-order valence-corrected chi connectivity index (χ3v) is 5.70. The van der Waals surface area contributed by atoms with Crippen molar-refractivity contribution in [1.29, 1.82) is 0 Å². The third-order valence-electron chi connectivity index (χ3n) is 5.70. The third kappa shape index (κ3) is 4.42. The number of nitrogens with zero attached hydrogens (tertiary/aromatic N) is 4. The first kappa shape index (κ1) is 19.8. The Balaban J connectivity index is 1.42. The van der Waals surface area contributed by atoms with Crippen molar-refractivity contribution in [3.63, 3.8) is 0 Å². The Labute approximate surface area is 170 Å². The van der Waals surface area contributed by atoms with Crippen LogP contribution in [0.2, 0.25) is 0 Å². The minimum absolute atomic E-state index is 0.129. The molecule has 2 heterocycles. The van der Waals surface area contributed by atoms with Gasteiger partial charge in [-0.2, -0.15) is 5.10 Å². The molecule has 1 aromatic heterocycles. The number of methoxy groups -OCH3 is 1. The first-order valence-corrected chi connectivity index (χ1v) is 10.3. The summed E-state index contributed by atoms with van der Waals surface area (Å²) in [6, 6.07) is 7.30. The lowest BCUT2D eigenvalue weighted by molar-refractivity contribution is 0.177. The number of ether oxygens (including phenoxy) is 1. The predicted molar refractivity (Wildman–Crippen MR) is 109 cm³/mol. The maximum absolute atomic E-state index is 14.3. The van der Waals surface area contributed by atoms with Gasteiger partial charge >= 0.3 is 0 Å². The van der Waals surface area contributed by atoms with Crippen LogP contribution in [0.4, 0.5) is 4.39 Å². The molecule has 4 rings (SSSR count). The van der Waals surface area contributed by atoms with E-state index in [1.165, 1.54) is 6.07 Å². The number of hydrogen-bond donors (Lipinski definition) is 2. The van der Waals surface area contributed by atoms with Gasteiger partial charge in [-0.3, -0.25) is 4.99 Å². The van der Waals surface area contributed by atoms with E-state index < -0.39 is 0 Å². The summed E-state index contributed by atoms with van der Waals surface area (Å²) in [6.07, 6.45) is 3.79. The average Bonchev–Trinajstić information content (AvgIpc) is 3.39. The Morgan fingerprint density at radius 1 is 1.38 bits per heavy atom. The van der Waals surface area contributed by atoms with E-state index in [0.717, 1.165) is 61.9 Å². The number of rotatable bonds is 7. The molecule has 1 aliphatic carbocycles. The molecule has 1 atom stereocenters. The lowest BCUT2D eigenvalue weighted by atomic mass is 9.95. The fraction of sp³-hybridized carbons (Fsp3) is 0.571. The summed E-state index contributed by atoms with van der Waals surface area (Å²) in [5.41, 5.74) is 0.629. The van der Waals surface area contributed by atoms with E-state index in [-0.39, 0.29) is 17.3 Å². The van der Waals surface area contributed by atoms with Crippen molar-refractivity contribution in [2.75, 3.05) is 20.2 Å². The molecular formula is C21H29FN6O. The average molecular weight is 401 g/mol. The van der Waals surface area contributed by atoms with Crippen molar-refractivity contribution in [1.82, 2.24) is 25.4 Å². The van der Waals surface area contributed by atoms with Crippen LogP contribution in [0.25, 0.3) is 0 Å². The van der Waals surface area contributed by atoms with Gasteiger partial charge < -0.3 is 15.4 Å². The first-order valence-electron chi connectivity index (χ1n) is 10.3. The summed E-state index contributed by atoms with van der Waals surface area (Å²) < 4.78 is 21.4. The van der Waals surface area contributed by atoms with E-state index in [0.29, 0.717) is 13.2 Å². The van der Waals surface area contributed by atoms with Gasteiger partial charge in [0.2, 0.25) is 0 Å². The number of guanidine groups is 1. The molecule has 0 bridgehead atoms. The van der Waals surface area contributed by atoms with Gasteiger partial charge in [0.1, 0.15) is 18.2 Å². The van der Waals surface area contributed by atoms with E-state index in [1.54, 1.807) is 13.2 Å². The van der Waals surface area contributed by atoms with Crippen LogP contribution >= 0.6 is 0 Å². The molecule has 1 fully saturated rings. The van der Waals surface area contributed by atoms with E-state index in [1.807, 2.05) is 23.7 Å². The highest BCUT2D eigenvalue weighted by Crippen LogP contribution is 2.49. The van der Waals surface area contributed by atoms with Crippen LogP contribution in [0.3, 0.4) is 0 Å². The van der Waals surface area contributed by atoms with E-state index in [4.69, 9.17) is 9.73 Å². The van der Waals surface area contributed by atoms with Crippen molar-refractivity contribution in [3.05, 3.63) is 47.3 Å². The fourth-order valence-electron chi connectivity index (χ4n) is 3.97. The van der Waals surface area contributed by atoms with Gasteiger partial charge in [-0.05, 0) is 37.8 Å². The minimum atomic E-state index is -0.158. The van der Waals surface area contributed by atoms with Crippen LogP contribution < -0.4 is 10.6 Å². The number of aliphatic imine (C=N–C) groups is 1. The van der Waals surface area contributed by atoms with E-state index >= 15 is 0 Å². The summed E-state index contributed by atoms with van der Waals surface area (Å²) >= 11 is 0. The Morgan fingerprint density at radius 2 is 2.21 bits per heavy atom. The Morgan fingerprint density at radius 3 is 2.93 bits per heavy atom. The molecule has 1 unspecified atom stereocenters. The monoisotopic (exact) mass is 400 g/mol. The predicted octanol–water partition coefficient (Wildman–Crippen LogP) is 2.17. The fourth-order valence-corrected chi connectivity index (χ4v) is 3.97. The van der Waals surface area contributed by atoms with E-state index in [9.17, 15) is 4.39 Å². The van der Waals surface area contributed by atoms with Crippen molar-refractivity contribution < 1.29 is 9.13 Å². The van der Waals surface area contributed by atoms with Crippen LogP contribution in [-0.4, -0.2) is 47.0 Å². The number of nitrogens with one attached hydrogen (secondary N) is 2. The first-order chi connectivity index (χ1) is 14.1. The molecule has 1 saturated carbocycles. The molecule has 7 nitrogen and oxygen atoms in total. The molecule has 0 amide bonds. The molecule has 1 aliphatic heterocycles. The summed E-state index contributed by atoms with van der Waals surface area (Å²) in [7, 11) is 1.65. The second kappa shape index (κ2) is 8.49. The van der Waals surface area contributed by atoms with Gasteiger partial charge in [0.05, 0.1) is 13.1 Å². The topological polar surface area (TPSA) is 76.4 Å². The molecule has 0 saturated heterocycles. The zero-order valence-electron chi connectivity index (χ0n) is 17.1. The quantitative estimate of drug-likeness (QED) is 0.550. The van der Waals surface area contributed by atoms with Gasteiger partial charge in [-0.1, -0.05) is 18.2 Å². The molecule has 2 N–H and O–H groups in total. The highest BCUT2D eigenvalue weighted by Gasteiger charge is 2.45. The maximum Gasteiger partial charge on any atom is 0.191 e. The molecule has 1 aromatic carbocycles. The van der Waals surface area contributed by atoms with Crippen LogP contribution in [0.1, 0.15) is 43.4 Å². The Hall–Kier alpha value is -2.48. The van der Waals surface area contributed by atoms with Crippen LogP contribution in [-0.2, 0) is 29.7 Å². The summed E-state index contributed by atoms with van der Waals surface area (Å²) in [5.74, 6) is 2.38. The second-order valence-corrected chi connectivity index (χ2v) is 7.89. The summed E-state index contributed by atoms with van der Waals surface area (Å²) in [6.45, 7) is 4.59. The Bertz CT molecular complexity index is 876. The standard InChI is InChI=1S/C21H29FN6O/c1-3-23-20(24-14-21(10-11-21)16-6-4-5-7-17(16)22)25-15-8-9-19-26-18(13-29-2)27-28(19)12-15/h4-7,15H,3,8-14H2,1-2H3,(H2,23,24,25). The highest BCUT2D eigenvalue weighted by molar-refractivity contribution is 5.80. The molecular weight excluding hydrogens is 371 g/mol. The number of benzene rings is 1. The van der Waals surface area contributed by atoms with Gasteiger partial charge in [-0.25, -0.2) is 14.1 Å². The van der Waals surface area contributed by atoms with Gasteiger partial charge in [-0.15, -0.1) is 0 Å². The van der Waals surface area contributed by atoms with Gasteiger partial charge in [0.25, 0.3) is 0 Å². The number of aryl methyl sites for hydroxylation is 1. The van der Waals surface area contributed by atoms with Gasteiger partial charge in [0.15, 0.2) is 11.8 Å². The number of aromatic nitrogens is 3. The minimum Gasteiger partial charge on any atom is -0.377 e. The largest absolute Gasteiger partial charge is 0.377 e. The number of hydrogen-bond acceptors (Lipinski definition) is 4. The maximum atomic E-state index is 14.3. The SMILES string of the molecule is CCNC(=NCC1(c2ccccc2F)CC1)NC1CCc2nc(COC)nn2C1. The zero-order chi connectivity index (χ0) is 20.3. The molecule has 2 aromatic rings. The van der Waals surface area contributed by atoms with Crippen molar-refractivity contribution in [2.24, 2.45) is 4.99 Å². The van der Waals surface area contributed by atoms with Crippen LogP contribution in [0.5, 0.6) is 0 Å². The Kier molecular flexibility index (Phi) is 5.80. The number of fused-ring (bicyclic) bond motifs is 1. The summed E-state index contributed by atoms with van der Waals surface area (Å²) in [5, 5.41) is 11.4. The van der Waals surface area contributed by atoms with Crippen molar-refractivity contribution in [3.8, 4) is 0 Å². The molecule has 8 heteroatoms. The normalized spacial score (nSPS) is 20.2. The zero-order valence-corrected chi connectivity index (χ0v) is 17.1. The highest BCUT2D eigenvalue weighted by atomic mass is 19.1. The molecule has 0 radical (unpaired) electrons. The van der Waals surface area contributed by atoms with Crippen molar-refractivity contribution >= 4 is 5.96 Å². The smallest absolute Gasteiger partial charge is 0.191 e. The number of halogens is 1. The lowest BCUT2D eigenvalue weighted by Gasteiger charge is -2.25.